The fourth-order valence-corrected chi connectivity index (χ4v) is 2.78. The average molecular weight is 381 g/mol. The van der Waals surface area contributed by atoms with E-state index >= 15 is 0 Å². The molecule has 0 radical (unpaired) electrons. The Morgan fingerprint density at radius 2 is 1.89 bits per heavy atom. The van der Waals surface area contributed by atoms with Gasteiger partial charge >= 0.3 is 0 Å². The minimum Gasteiger partial charge on any atom is -0.369 e. The Morgan fingerprint density at radius 3 is 2.58 bits per heavy atom. The van der Waals surface area contributed by atoms with Crippen LogP contribution >= 0.6 is 50.7 Å². The molecule has 2 nitrogen and oxygen atoms in total. The summed E-state index contributed by atoms with van der Waals surface area (Å²) in [5, 5.41) is 5.06. The van der Waals surface area contributed by atoms with Crippen LogP contribution in [0.5, 0.6) is 0 Å². The Morgan fingerprint density at radius 1 is 1.11 bits per heavy atom. The maximum atomic E-state index is 6.10. The van der Waals surface area contributed by atoms with E-state index < -0.39 is 0 Å². The van der Waals surface area contributed by atoms with Crippen molar-refractivity contribution < 1.29 is 0 Å². The van der Waals surface area contributed by atoms with Gasteiger partial charge in [-0.15, -0.1) is 0 Å². The fraction of sp³-hybridized carbons (Fsp3) is 0.154. The number of anilines is 1. The molecule has 0 aliphatic carbocycles. The molecule has 6 heteroatoms. The first-order valence-electron chi connectivity index (χ1n) is 5.55. The number of halogens is 4. The van der Waals surface area contributed by atoms with E-state index in [0.717, 1.165) is 16.5 Å². The summed E-state index contributed by atoms with van der Waals surface area (Å²) >= 11 is 21.3. The molecule has 1 aromatic carbocycles. The molecule has 2 aromatic rings. The van der Waals surface area contributed by atoms with Crippen molar-refractivity contribution in [3.05, 3.63) is 55.6 Å². The van der Waals surface area contributed by atoms with Crippen LogP contribution < -0.4 is 5.32 Å². The second-order valence-electron chi connectivity index (χ2n) is 3.90. The molecule has 0 bridgehead atoms. The average Bonchev–Trinajstić information content (AvgIpc) is 2.34. The summed E-state index contributed by atoms with van der Waals surface area (Å²) in [5.74, 6) is 0.662. The number of pyridine rings is 1. The molecule has 0 aliphatic rings. The Bertz CT molecular complexity index is 539. The maximum Gasteiger partial charge on any atom is 0.144 e. The van der Waals surface area contributed by atoms with Crippen molar-refractivity contribution in [2.45, 2.75) is 6.42 Å². The highest BCUT2D eigenvalue weighted by atomic mass is 79.9. The quantitative estimate of drug-likeness (QED) is 0.762. The van der Waals surface area contributed by atoms with Crippen LogP contribution in [0.2, 0.25) is 15.1 Å². The van der Waals surface area contributed by atoms with Gasteiger partial charge in [-0.25, -0.2) is 4.98 Å². The van der Waals surface area contributed by atoms with E-state index in [1.807, 2.05) is 12.1 Å². The molecule has 1 N–H and O–H groups in total. The third-order valence-electron chi connectivity index (χ3n) is 2.51. The van der Waals surface area contributed by atoms with E-state index in [0.29, 0.717) is 27.4 Å². The molecule has 0 spiro atoms. The van der Waals surface area contributed by atoms with Gasteiger partial charge in [-0.05, 0) is 46.1 Å². The summed E-state index contributed by atoms with van der Waals surface area (Å²) < 4.78 is 0.851. The second-order valence-corrected chi connectivity index (χ2v) is 6.06. The molecular formula is C13H10BrCl3N2. The van der Waals surface area contributed by atoms with Crippen LogP contribution in [-0.2, 0) is 6.42 Å². The first-order valence-corrected chi connectivity index (χ1v) is 7.48. The molecule has 0 atom stereocenters. The molecule has 1 heterocycles. The number of benzene rings is 1. The highest BCUT2D eigenvalue weighted by molar-refractivity contribution is 9.10. The molecule has 0 fully saturated rings. The molecule has 19 heavy (non-hydrogen) atoms. The molecule has 100 valence electrons. The van der Waals surface area contributed by atoms with Crippen molar-refractivity contribution in [1.82, 2.24) is 4.98 Å². The standard InChI is InChI=1S/C13H10BrCl3N2/c14-9-5-12(17)13(19-7-9)18-4-3-8-1-2-10(15)6-11(8)16/h1-2,5-7H,3-4H2,(H,18,19). The summed E-state index contributed by atoms with van der Waals surface area (Å²) in [6.45, 7) is 0.690. The number of nitrogens with zero attached hydrogens (tertiary/aromatic N) is 1. The second kappa shape index (κ2) is 6.80. The number of hydrogen-bond acceptors (Lipinski definition) is 2. The van der Waals surface area contributed by atoms with Crippen molar-refractivity contribution in [3.63, 3.8) is 0 Å². The van der Waals surface area contributed by atoms with Crippen molar-refractivity contribution in [1.29, 1.82) is 0 Å². The third kappa shape index (κ3) is 4.25. The molecule has 2 rings (SSSR count). The largest absolute Gasteiger partial charge is 0.369 e. The summed E-state index contributed by atoms with van der Waals surface area (Å²) in [6, 6.07) is 7.28. The molecule has 0 saturated heterocycles. The highest BCUT2D eigenvalue weighted by Crippen LogP contribution is 2.24. The van der Waals surface area contributed by atoms with E-state index in [-0.39, 0.29) is 0 Å². The summed E-state index contributed by atoms with van der Waals surface area (Å²) in [5.41, 5.74) is 1.03. The topological polar surface area (TPSA) is 24.9 Å². The van der Waals surface area contributed by atoms with Gasteiger partial charge in [0.25, 0.3) is 0 Å². The molecule has 0 saturated carbocycles. The highest BCUT2D eigenvalue weighted by Gasteiger charge is 2.04. The van der Waals surface area contributed by atoms with Gasteiger partial charge in [0.1, 0.15) is 5.82 Å². The minimum absolute atomic E-state index is 0.580. The van der Waals surface area contributed by atoms with Gasteiger partial charge in [-0.1, -0.05) is 40.9 Å². The van der Waals surface area contributed by atoms with Crippen LogP contribution in [-0.4, -0.2) is 11.5 Å². The van der Waals surface area contributed by atoms with E-state index in [2.05, 4.69) is 26.2 Å². The SMILES string of the molecule is Clc1ccc(CCNc2ncc(Br)cc2Cl)c(Cl)c1. The first-order chi connectivity index (χ1) is 9.06. The third-order valence-corrected chi connectivity index (χ3v) is 3.82. The van der Waals surface area contributed by atoms with Crippen LogP contribution in [0.1, 0.15) is 5.56 Å². The van der Waals surface area contributed by atoms with E-state index in [9.17, 15) is 0 Å². The minimum atomic E-state index is 0.580. The zero-order valence-electron chi connectivity index (χ0n) is 9.76. The first kappa shape index (κ1) is 14.9. The lowest BCUT2D eigenvalue weighted by atomic mass is 10.1. The van der Waals surface area contributed by atoms with Crippen molar-refractivity contribution in [2.24, 2.45) is 0 Å². The smallest absolute Gasteiger partial charge is 0.144 e. The van der Waals surface area contributed by atoms with Crippen LogP contribution in [0.15, 0.2) is 34.9 Å². The van der Waals surface area contributed by atoms with Crippen LogP contribution in [0.25, 0.3) is 0 Å². The molecule has 1 aromatic heterocycles. The molecule has 0 unspecified atom stereocenters. The van der Waals surface area contributed by atoms with Crippen LogP contribution in [0.3, 0.4) is 0 Å². The zero-order chi connectivity index (χ0) is 13.8. The summed E-state index contributed by atoms with van der Waals surface area (Å²) in [4.78, 5) is 4.20. The van der Waals surface area contributed by atoms with E-state index in [1.165, 1.54) is 0 Å². The van der Waals surface area contributed by atoms with Gasteiger partial charge in [-0.3, -0.25) is 0 Å². The van der Waals surface area contributed by atoms with Crippen molar-refractivity contribution >= 4 is 56.6 Å². The summed E-state index contributed by atoms with van der Waals surface area (Å²) in [6.07, 6.45) is 2.47. The molecule has 0 aliphatic heterocycles. The van der Waals surface area contributed by atoms with Gasteiger partial charge in [0.2, 0.25) is 0 Å². The maximum absolute atomic E-state index is 6.10. The Hall–Kier alpha value is -0.480. The van der Waals surface area contributed by atoms with Gasteiger partial charge in [0, 0.05) is 27.3 Å². The lowest BCUT2D eigenvalue weighted by Gasteiger charge is -2.08. The molecule has 0 amide bonds. The van der Waals surface area contributed by atoms with Gasteiger partial charge < -0.3 is 5.32 Å². The zero-order valence-corrected chi connectivity index (χ0v) is 13.6. The predicted molar refractivity (Wildman–Crippen MR) is 85.6 cm³/mol. The van der Waals surface area contributed by atoms with E-state index in [1.54, 1.807) is 18.3 Å². The number of nitrogens with one attached hydrogen (secondary N) is 1. The normalized spacial score (nSPS) is 10.5. The van der Waals surface area contributed by atoms with E-state index in [4.69, 9.17) is 34.8 Å². The fourth-order valence-electron chi connectivity index (χ4n) is 1.58. The van der Waals surface area contributed by atoms with Gasteiger partial charge in [0.15, 0.2) is 0 Å². The van der Waals surface area contributed by atoms with Gasteiger partial charge in [-0.2, -0.15) is 0 Å². The number of aromatic nitrogens is 1. The van der Waals surface area contributed by atoms with Crippen LogP contribution in [0.4, 0.5) is 5.82 Å². The van der Waals surface area contributed by atoms with Crippen molar-refractivity contribution in [2.75, 3.05) is 11.9 Å². The predicted octanol–water partition coefficient (Wildman–Crippen LogP) is 5.46. The summed E-state index contributed by atoms with van der Waals surface area (Å²) in [7, 11) is 0. The Labute approximate surface area is 135 Å². The van der Waals surface area contributed by atoms with Crippen LogP contribution in [0, 0.1) is 0 Å². The Balaban J connectivity index is 1.96. The Kier molecular flexibility index (Phi) is 5.34. The lowest BCUT2D eigenvalue weighted by Crippen LogP contribution is -2.07. The van der Waals surface area contributed by atoms with Crippen molar-refractivity contribution in [3.8, 4) is 0 Å². The monoisotopic (exact) mass is 378 g/mol. The lowest BCUT2D eigenvalue weighted by molar-refractivity contribution is 1.01. The molecular weight excluding hydrogens is 370 g/mol. The number of rotatable bonds is 4. The number of hydrogen-bond donors (Lipinski definition) is 1. The van der Waals surface area contributed by atoms with Gasteiger partial charge in [0.05, 0.1) is 5.02 Å².